The lowest BCUT2D eigenvalue weighted by molar-refractivity contribution is 0.211. The zero-order valence-corrected chi connectivity index (χ0v) is 23.1. The third-order valence-corrected chi connectivity index (χ3v) is 7.68. The summed E-state index contributed by atoms with van der Waals surface area (Å²) in [6, 6.07) is 19.3. The minimum atomic E-state index is -0.373. The number of rotatable bonds is 6. The SMILES string of the molecule is Cn1c(=O)c2c(nc(NC3CCN(Cc4ccccc4)CC3)n2Cc2ccc(C(C)(C)C)cc2)n(C)c1=O. The van der Waals surface area contributed by atoms with Crippen LogP contribution < -0.4 is 16.6 Å². The lowest BCUT2D eigenvalue weighted by Gasteiger charge is -2.32. The molecule has 0 bridgehead atoms. The Balaban J connectivity index is 1.43. The second-order valence-corrected chi connectivity index (χ2v) is 11.5. The molecule has 1 fully saturated rings. The predicted molar refractivity (Wildman–Crippen MR) is 153 cm³/mol. The summed E-state index contributed by atoms with van der Waals surface area (Å²) in [5, 5.41) is 3.63. The van der Waals surface area contributed by atoms with Gasteiger partial charge in [-0.2, -0.15) is 4.98 Å². The summed E-state index contributed by atoms with van der Waals surface area (Å²) >= 11 is 0. The molecular formula is C30H38N6O2. The Hall–Kier alpha value is -3.65. The highest BCUT2D eigenvalue weighted by Crippen LogP contribution is 2.25. The van der Waals surface area contributed by atoms with Crippen LogP contribution in [0.5, 0.6) is 0 Å². The van der Waals surface area contributed by atoms with Crippen molar-refractivity contribution in [2.45, 2.75) is 58.2 Å². The quantitative estimate of drug-likeness (QED) is 0.423. The number of hydrogen-bond acceptors (Lipinski definition) is 5. The third-order valence-electron chi connectivity index (χ3n) is 7.68. The fraction of sp³-hybridized carbons (Fsp3) is 0.433. The van der Waals surface area contributed by atoms with Crippen molar-refractivity contribution < 1.29 is 0 Å². The second-order valence-electron chi connectivity index (χ2n) is 11.5. The number of fused-ring (bicyclic) bond motifs is 1. The molecule has 0 radical (unpaired) electrons. The molecule has 0 amide bonds. The number of hydrogen-bond donors (Lipinski definition) is 1. The van der Waals surface area contributed by atoms with Gasteiger partial charge < -0.3 is 5.32 Å². The average Bonchev–Trinajstić information content (AvgIpc) is 3.25. The van der Waals surface area contributed by atoms with Gasteiger partial charge in [-0.1, -0.05) is 75.4 Å². The molecule has 38 heavy (non-hydrogen) atoms. The van der Waals surface area contributed by atoms with E-state index in [0.717, 1.165) is 42.6 Å². The predicted octanol–water partition coefficient (Wildman–Crippen LogP) is 3.86. The molecule has 1 aliphatic heterocycles. The van der Waals surface area contributed by atoms with Crippen LogP contribution in [-0.2, 0) is 32.6 Å². The summed E-state index contributed by atoms with van der Waals surface area (Å²) in [6.45, 7) is 10.0. The molecule has 200 valence electrons. The van der Waals surface area contributed by atoms with E-state index in [1.807, 2.05) is 10.6 Å². The normalized spacial score (nSPS) is 15.3. The van der Waals surface area contributed by atoms with Crippen LogP contribution in [0.25, 0.3) is 11.2 Å². The van der Waals surface area contributed by atoms with Crippen LogP contribution in [0.15, 0.2) is 64.2 Å². The molecule has 5 rings (SSSR count). The number of aromatic nitrogens is 4. The van der Waals surface area contributed by atoms with E-state index >= 15 is 0 Å². The third kappa shape index (κ3) is 5.18. The minimum absolute atomic E-state index is 0.0660. The molecule has 8 heteroatoms. The summed E-state index contributed by atoms with van der Waals surface area (Å²) in [6.07, 6.45) is 1.96. The van der Waals surface area contributed by atoms with Crippen LogP contribution in [0.3, 0.4) is 0 Å². The number of anilines is 1. The highest BCUT2D eigenvalue weighted by molar-refractivity contribution is 5.74. The van der Waals surface area contributed by atoms with E-state index in [-0.39, 0.29) is 22.7 Å². The molecule has 8 nitrogen and oxygen atoms in total. The first-order valence-electron chi connectivity index (χ1n) is 13.4. The zero-order valence-electron chi connectivity index (χ0n) is 23.1. The Morgan fingerprint density at radius 2 is 1.50 bits per heavy atom. The van der Waals surface area contributed by atoms with Gasteiger partial charge in [0.15, 0.2) is 11.2 Å². The Bertz CT molecular complexity index is 1530. The van der Waals surface area contributed by atoms with Crippen LogP contribution >= 0.6 is 0 Å². The second kappa shape index (κ2) is 10.3. The standard InChI is InChI=1S/C30H38N6O2/c1-30(2,3)23-13-11-22(12-14-23)20-36-25-26(33(4)29(38)34(5)27(25)37)32-28(36)31-24-15-17-35(18-16-24)19-21-9-7-6-8-10-21/h6-14,24H,15-20H2,1-5H3,(H,31,32). The van der Waals surface area contributed by atoms with Crippen molar-refractivity contribution in [2.24, 2.45) is 14.1 Å². The molecule has 2 aromatic carbocycles. The van der Waals surface area contributed by atoms with Crippen molar-refractivity contribution in [3.05, 3.63) is 92.1 Å². The van der Waals surface area contributed by atoms with Gasteiger partial charge in [-0.3, -0.25) is 23.4 Å². The lowest BCUT2D eigenvalue weighted by Crippen LogP contribution is -2.39. The molecule has 3 heterocycles. The van der Waals surface area contributed by atoms with Gasteiger partial charge in [-0.15, -0.1) is 0 Å². The maximum Gasteiger partial charge on any atom is 0.332 e. The maximum atomic E-state index is 13.3. The van der Waals surface area contributed by atoms with E-state index in [4.69, 9.17) is 4.98 Å². The Labute approximate surface area is 223 Å². The fourth-order valence-electron chi connectivity index (χ4n) is 5.26. The van der Waals surface area contributed by atoms with E-state index < -0.39 is 0 Å². The molecule has 2 aromatic heterocycles. The summed E-state index contributed by atoms with van der Waals surface area (Å²) in [4.78, 5) is 33.2. The molecular weight excluding hydrogens is 476 g/mol. The Morgan fingerprint density at radius 1 is 0.868 bits per heavy atom. The summed E-state index contributed by atoms with van der Waals surface area (Å²) < 4.78 is 4.57. The highest BCUT2D eigenvalue weighted by Gasteiger charge is 2.24. The highest BCUT2D eigenvalue weighted by atomic mass is 16.2. The number of likely N-dealkylation sites (tertiary alicyclic amines) is 1. The number of nitrogens with zero attached hydrogens (tertiary/aromatic N) is 5. The summed E-state index contributed by atoms with van der Waals surface area (Å²) in [5.74, 6) is 0.639. The van der Waals surface area contributed by atoms with Gasteiger partial charge in [0.05, 0.1) is 6.54 Å². The molecule has 0 unspecified atom stereocenters. The number of benzene rings is 2. The molecule has 0 saturated carbocycles. The monoisotopic (exact) mass is 514 g/mol. The molecule has 0 spiro atoms. The maximum absolute atomic E-state index is 13.3. The molecule has 0 atom stereocenters. The summed E-state index contributed by atoms with van der Waals surface area (Å²) in [7, 11) is 3.19. The molecule has 1 N–H and O–H groups in total. The van der Waals surface area contributed by atoms with E-state index in [0.29, 0.717) is 23.7 Å². The Morgan fingerprint density at radius 3 is 2.13 bits per heavy atom. The van der Waals surface area contributed by atoms with Crippen LogP contribution in [0.2, 0.25) is 0 Å². The number of aryl methyl sites for hydroxylation is 1. The van der Waals surface area contributed by atoms with E-state index in [2.05, 4.69) is 79.5 Å². The van der Waals surface area contributed by atoms with Crippen LogP contribution in [0, 0.1) is 0 Å². The van der Waals surface area contributed by atoms with Crippen molar-refractivity contribution in [3.63, 3.8) is 0 Å². The molecule has 0 aliphatic carbocycles. The van der Waals surface area contributed by atoms with Crippen molar-refractivity contribution in [1.29, 1.82) is 0 Å². The first kappa shape index (κ1) is 26.0. The van der Waals surface area contributed by atoms with Crippen LogP contribution in [0.1, 0.15) is 50.3 Å². The first-order valence-corrected chi connectivity index (χ1v) is 13.4. The van der Waals surface area contributed by atoms with Gasteiger partial charge in [0.1, 0.15) is 0 Å². The van der Waals surface area contributed by atoms with Crippen LogP contribution in [0.4, 0.5) is 5.95 Å². The molecule has 1 saturated heterocycles. The van der Waals surface area contributed by atoms with Crippen molar-refractivity contribution in [1.82, 2.24) is 23.6 Å². The summed E-state index contributed by atoms with van der Waals surface area (Å²) in [5.41, 5.74) is 3.89. The van der Waals surface area contributed by atoms with E-state index in [1.165, 1.54) is 22.7 Å². The lowest BCUT2D eigenvalue weighted by atomic mass is 9.87. The number of imidazole rings is 1. The first-order chi connectivity index (χ1) is 18.1. The van der Waals surface area contributed by atoms with Gasteiger partial charge in [0, 0.05) is 39.8 Å². The fourth-order valence-corrected chi connectivity index (χ4v) is 5.26. The zero-order chi connectivity index (χ0) is 27.0. The Kier molecular flexibility index (Phi) is 7.01. The average molecular weight is 515 g/mol. The van der Waals surface area contributed by atoms with E-state index in [1.54, 1.807) is 7.05 Å². The topological polar surface area (TPSA) is 77.1 Å². The van der Waals surface area contributed by atoms with Gasteiger partial charge in [0.2, 0.25) is 5.95 Å². The number of nitrogens with one attached hydrogen (secondary N) is 1. The van der Waals surface area contributed by atoms with Crippen molar-refractivity contribution in [3.8, 4) is 0 Å². The molecule has 1 aliphatic rings. The van der Waals surface area contributed by atoms with Gasteiger partial charge in [0.25, 0.3) is 5.56 Å². The molecule has 4 aromatic rings. The largest absolute Gasteiger partial charge is 0.353 e. The van der Waals surface area contributed by atoms with E-state index in [9.17, 15) is 9.59 Å². The van der Waals surface area contributed by atoms with Gasteiger partial charge in [-0.25, -0.2) is 4.79 Å². The van der Waals surface area contributed by atoms with Crippen molar-refractivity contribution >= 4 is 17.1 Å². The van der Waals surface area contributed by atoms with Gasteiger partial charge >= 0.3 is 5.69 Å². The minimum Gasteiger partial charge on any atom is -0.353 e. The van der Waals surface area contributed by atoms with Crippen LogP contribution in [-0.4, -0.2) is 42.7 Å². The smallest absolute Gasteiger partial charge is 0.332 e. The van der Waals surface area contributed by atoms with Gasteiger partial charge in [-0.05, 0) is 34.9 Å². The number of piperidine rings is 1. The van der Waals surface area contributed by atoms with Crippen molar-refractivity contribution in [2.75, 3.05) is 18.4 Å².